The number of nitrogens with two attached hydrogens (primary N) is 1. The number of imidazole rings is 1. The van der Waals surface area contributed by atoms with E-state index in [2.05, 4.69) is 32.6 Å². The van der Waals surface area contributed by atoms with Crippen LogP contribution in [0.5, 0.6) is 11.5 Å². The molecule has 6 nitrogen and oxygen atoms in total. The molecule has 0 unspecified atom stereocenters. The quantitative estimate of drug-likeness (QED) is 0.591. The molecule has 0 aliphatic carbocycles. The fourth-order valence-electron chi connectivity index (χ4n) is 1.93. The number of halogens is 1. The van der Waals surface area contributed by atoms with Crippen LogP contribution >= 0.6 is 15.9 Å². The largest absolute Gasteiger partial charge is 0.490 e. The number of rotatable bonds is 7. The smallest absolute Gasteiger partial charge is 0.221 e. The fourth-order valence-corrected chi connectivity index (χ4v) is 2.51. The minimum Gasteiger partial charge on any atom is -0.490 e. The van der Waals surface area contributed by atoms with Crippen LogP contribution in [0.2, 0.25) is 0 Å². The number of nitrogens with zero attached hydrogens (tertiary/aromatic N) is 3. The first-order valence-electron chi connectivity index (χ1n) is 7.11. The van der Waals surface area contributed by atoms with Gasteiger partial charge in [-0.1, -0.05) is 12.7 Å². The second kappa shape index (κ2) is 7.82. The van der Waals surface area contributed by atoms with E-state index in [-0.39, 0.29) is 0 Å². The third-order valence-electron chi connectivity index (χ3n) is 2.84. The third-order valence-corrected chi connectivity index (χ3v) is 3.43. The molecule has 0 aliphatic rings. The molecule has 2 aromatic rings. The van der Waals surface area contributed by atoms with Gasteiger partial charge in [0, 0.05) is 0 Å². The van der Waals surface area contributed by atoms with Gasteiger partial charge in [0.25, 0.3) is 0 Å². The highest BCUT2D eigenvalue weighted by Gasteiger charge is 2.11. The first kappa shape index (κ1) is 17.1. The van der Waals surface area contributed by atoms with Crippen molar-refractivity contribution in [1.29, 1.82) is 0 Å². The van der Waals surface area contributed by atoms with Crippen molar-refractivity contribution in [2.75, 3.05) is 18.9 Å². The zero-order chi connectivity index (χ0) is 16.8. The summed E-state index contributed by atoms with van der Waals surface area (Å²) in [5.41, 5.74) is 7.42. The van der Waals surface area contributed by atoms with Crippen molar-refractivity contribution >= 4 is 28.1 Å². The molecule has 0 radical (unpaired) electrons. The van der Waals surface area contributed by atoms with Gasteiger partial charge in [0.2, 0.25) is 5.95 Å². The molecular weight excluding hydrogens is 360 g/mol. The number of benzene rings is 1. The zero-order valence-corrected chi connectivity index (χ0v) is 14.7. The van der Waals surface area contributed by atoms with Crippen LogP contribution in [0.1, 0.15) is 18.2 Å². The molecule has 0 atom stereocenters. The molecular formula is C16H19BrN4O2. The highest BCUT2D eigenvalue weighted by molar-refractivity contribution is 9.10. The lowest BCUT2D eigenvalue weighted by molar-refractivity contribution is 0.295. The summed E-state index contributed by atoms with van der Waals surface area (Å²) in [6, 6.07) is 3.75. The van der Waals surface area contributed by atoms with E-state index in [0.717, 1.165) is 15.7 Å². The van der Waals surface area contributed by atoms with Crippen LogP contribution in [-0.4, -0.2) is 29.1 Å². The van der Waals surface area contributed by atoms with Gasteiger partial charge in [-0.25, -0.2) is 9.66 Å². The summed E-state index contributed by atoms with van der Waals surface area (Å²) >= 11 is 3.50. The van der Waals surface area contributed by atoms with Gasteiger partial charge in [-0.15, -0.1) is 0 Å². The Hall–Kier alpha value is -2.28. The van der Waals surface area contributed by atoms with Gasteiger partial charge in [0.15, 0.2) is 11.5 Å². The molecule has 23 heavy (non-hydrogen) atoms. The van der Waals surface area contributed by atoms with Crippen LogP contribution in [-0.2, 0) is 0 Å². The fraction of sp³-hybridized carbons (Fsp3) is 0.250. The van der Waals surface area contributed by atoms with E-state index in [4.69, 9.17) is 15.2 Å². The Bertz CT molecular complexity index is 725. The predicted octanol–water partition coefficient (Wildman–Crippen LogP) is 3.38. The van der Waals surface area contributed by atoms with Crippen molar-refractivity contribution in [1.82, 2.24) is 9.66 Å². The van der Waals surface area contributed by atoms with Crippen LogP contribution in [0.4, 0.5) is 5.95 Å². The second-order valence-electron chi connectivity index (χ2n) is 4.69. The molecule has 122 valence electrons. The normalized spacial score (nSPS) is 10.9. The molecule has 0 spiro atoms. The molecule has 0 bridgehead atoms. The lowest BCUT2D eigenvalue weighted by Crippen LogP contribution is -2.01. The summed E-state index contributed by atoms with van der Waals surface area (Å²) in [5, 5.41) is 4.30. The Balaban J connectivity index is 2.32. The standard InChI is InChI=1S/C16H19BrN4O2/c1-4-6-23-15-13(17)7-12(8-14(15)22-5-2)9-19-21-10-11(3)20-16(21)18/h4,7-10H,1,5-6H2,2-3H3,(H2,18,20). The molecule has 1 aromatic heterocycles. The number of aromatic nitrogens is 2. The molecule has 2 rings (SSSR count). The highest BCUT2D eigenvalue weighted by atomic mass is 79.9. The molecule has 7 heteroatoms. The van der Waals surface area contributed by atoms with Gasteiger partial charge in [0.05, 0.1) is 29.2 Å². The molecule has 0 aliphatic heterocycles. The Morgan fingerprint density at radius 1 is 1.43 bits per heavy atom. The third kappa shape index (κ3) is 4.35. The number of nitrogen functional groups attached to an aromatic ring is 1. The van der Waals surface area contributed by atoms with Crippen molar-refractivity contribution < 1.29 is 9.47 Å². The minimum atomic E-state index is 0.341. The van der Waals surface area contributed by atoms with Crippen molar-refractivity contribution in [3.05, 3.63) is 46.7 Å². The van der Waals surface area contributed by atoms with Gasteiger partial charge in [-0.3, -0.25) is 0 Å². The topological polar surface area (TPSA) is 74.7 Å². The summed E-state index contributed by atoms with van der Waals surface area (Å²) in [6.45, 7) is 8.36. The van der Waals surface area contributed by atoms with E-state index >= 15 is 0 Å². The number of hydrogen-bond acceptors (Lipinski definition) is 5. The van der Waals surface area contributed by atoms with Crippen molar-refractivity contribution in [3.63, 3.8) is 0 Å². The van der Waals surface area contributed by atoms with Gasteiger partial charge in [-0.2, -0.15) is 5.10 Å². The number of ether oxygens (including phenoxy) is 2. The Kier molecular flexibility index (Phi) is 5.81. The van der Waals surface area contributed by atoms with Gasteiger partial charge in [-0.05, 0) is 47.5 Å². The maximum atomic E-state index is 5.77. The molecule has 0 saturated carbocycles. The van der Waals surface area contributed by atoms with Gasteiger partial charge < -0.3 is 15.2 Å². The maximum absolute atomic E-state index is 5.77. The van der Waals surface area contributed by atoms with E-state index in [1.165, 1.54) is 4.68 Å². The minimum absolute atomic E-state index is 0.341. The van der Waals surface area contributed by atoms with Crippen LogP contribution in [0.25, 0.3) is 0 Å². The maximum Gasteiger partial charge on any atom is 0.221 e. The SMILES string of the molecule is C=CCOc1c(Br)cc(C=Nn2cc(C)nc2N)cc1OCC. The number of anilines is 1. The summed E-state index contributed by atoms with van der Waals surface area (Å²) in [6.07, 6.45) is 5.12. The van der Waals surface area contributed by atoms with E-state index < -0.39 is 0 Å². The number of hydrogen-bond donors (Lipinski definition) is 1. The second-order valence-corrected chi connectivity index (χ2v) is 5.55. The molecule has 2 N–H and O–H groups in total. The van der Waals surface area contributed by atoms with E-state index in [9.17, 15) is 0 Å². The Morgan fingerprint density at radius 3 is 2.83 bits per heavy atom. The van der Waals surface area contributed by atoms with Gasteiger partial charge >= 0.3 is 0 Å². The Morgan fingerprint density at radius 2 is 2.22 bits per heavy atom. The lowest BCUT2D eigenvalue weighted by atomic mass is 10.2. The summed E-state index contributed by atoms with van der Waals surface area (Å²) < 4.78 is 13.6. The first-order chi connectivity index (χ1) is 11.0. The van der Waals surface area contributed by atoms with E-state index in [1.807, 2.05) is 26.0 Å². The van der Waals surface area contributed by atoms with E-state index in [0.29, 0.717) is 30.7 Å². The van der Waals surface area contributed by atoms with Crippen LogP contribution in [0.15, 0.2) is 40.6 Å². The molecule has 0 saturated heterocycles. The zero-order valence-electron chi connectivity index (χ0n) is 13.1. The monoisotopic (exact) mass is 378 g/mol. The summed E-state index contributed by atoms with van der Waals surface area (Å²) in [4.78, 5) is 4.10. The average Bonchev–Trinajstić information content (AvgIpc) is 2.82. The predicted molar refractivity (Wildman–Crippen MR) is 95.4 cm³/mol. The van der Waals surface area contributed by atoms with Gasteiger partial charge in [0.1, 0.15) is 6.61 Å². The van der Waals surface area contributed by atoms with Crippen LogP contribution in [0.3, 0.4) is 0 Å². The summed E-state index contributed by atoms with van der Waals surface area (Å²) in [5.74, 6) is 1.62. The number of aryl methyl sites for hydroxylation is 1. The molecule has 0 amide bonds. The van der Waals surface area contributed by atoms with E-state index in [1.54, 1.807) is 18.5 Å². The van der Waals surface area contributed by atoms with Crippen LogP contribution < -0.4 is 15.2 Å². The Labute approximate surface area is 143 Å². The molecule has 1 heterocycles. The molecule has 0 fully saturated rings. The van der Waals surface area contributed by atoms with Crippen molar-refractivity contribution in [3.8, 4) is 11.5 Å². The average molecular weight is 379 g/mol. The van der Waals surface area contributed by atoms with Crippen LogP contribution in [0, 0.1) is 6.92 Å². The highest BCUT2D eigenvalue weighted by Crippen LogP contribution is 2.36. The lowest BCUT2D eigenvalue weighted by Gasteiger charge is -2.13. The van der Waals surface area contributed by atoms with Crippen molar-refractivity contribution in [2.45, 2.75) is 13.8 Å². The molecule has 1 aromatic carbocycles. The first-order valence-corrected chi connectivity index (χ1v) is 7.90. The summed E-state index contributed by atoms with van der Waals surface area (Å²) in [7, 11) is 0. The van der Waals surface area contributed by atoms with Crippen molar-refractivity contribution in [2.24, 2.45) is 5.10 Å².